The summed E-state index contributed by atoms with van der Waals surface area (Å²) in [6, 6.07) is 4.36. The van der Waals surface area contributed by atoms with Gasteiger partial charge in [-0.25, -0.2) is 4.98 Å². The van der Waals surface area contributed by atoms with Crippen molar-refractivity contribution < 1.29 is 0 Å². The zero-order chi connectivity index (χ0) is 12.3. The predicted molar refractivity (Wildman–Crippen MR) is 69.1 cm³/mol. The lowest BCUT2D eigenvalue weighted by Gasteiger charge is -2.10. The van der Waals surface area contributed by atoms with Gasteiger partial charge in [-0.2, -0.15) is 9.61 Å². The molecule has 5 heteroatoms. The fraction of sp³-hybridized carbons (Fsp3) is 0.500. The fourth-order valence-corrected chi connectivity index (χ4v) is 1.82. The third kappa shape index (κ3) is 2.94. The van der Waals surface area contributed by atoms with Gasteiger partial charge in [0, 0.05) is 12.6 Å². The summed E-state index contributed by atoms with van der Waals surface area (Å²) in [5, 5.41) is 7.57. The molecule has 3 N–H and O–H groups in total. The molecule has 1 atom stereocenters. The van der Waals surface area contributed by atoms with Crippen LogP contribution in [0.1, 0.15) is 25.3 Å². The van der Waals surface area contributed by atoms with Crippen molar-refractivity contribution in [2.24, 2.45) is 5.73 Å². The van der Waals surface area contributed by atoms with E-state index < -0.39 is 0 Å². The first-order valence-corrected chi connectivity index (χ1v) is 5.96. The Labute approximate surface area is 101 Å². The Bertz CT molecular complexity index is 489. The smallest absolute Gasteiger partial charge is 0.157 e. The molecule has 17 heavy (non-hydrogen) atoms. The first-order chi connectivity index (χ1) is 8.16. The molecule has 2 heterocycles. The number of nitrogens with two attached hydrogens (primary N) is 1. The maximum absolute atomic E-state index is 5.71. The van der Waals surface area contributed by atoms with Crippen molar-refractivity contribution in [3.63, 3.8) is 0 Å². The topological polar surface area (TPSA) is 68.2 Å². The van der Waals surface area contributed by atoms with Crippen molar-refractivity contribution in [3.8, 4) is 0 Å². The summed E-state index contributed by atoms with van der Waals surface area (Å²) in [6.45, 7) is 4.99. The molecule has 1 unspecified atom stereocenters. The number of hydrogen-bond acceptors (Lipinski definition) is 4. The van der Waals surface area contributed by atoms with E-state index in [2.05, 4.69) is 28.4 Å². The van der Waals surface area contributed by atoms with E-state index in [1.165, 1.54) is 5.56 Å². The van der Waals surface area contributed by atoms with Crippen LogP contribution in [-0.4, -0.2) is 27.2 Å². The first-order valence-electron chi connectivity index (χ1n) is 5.96. The number of hydrogen-bond donors (Lipinski definition) is 2. The highest BCUT2D eigenvalue weighted by Crippen LogP contribution is 2.13. The van der Waals surface area contributed by atoms with E-state index in [1.807, 2.05) is 17.5 Å². The molecule has 0 aliphatic rings. The van der Waals surface area contributed by atoms with Crippen LogP contribution < -0.4 is 11.1 Å². The molecule has 92 valence electrons. The molecule has 5 nitrogen and oxygen atoms in total. The largest absolute Gasteiger partial charge is 0.370 e. The maximum Gasteiger partial charge on any atom is 0.157 e. The number of anilines is 1. The normalized spacial score (nSPS) is 12.9. The van der Waals surface area contributed by atoms with Crippen molar-refractivity contribution in [2.75, 3.05) is 11.9 Å². The summed E-state index contributed by atoms with van der Waals surface area (Å²) in [4.78, 5) is 4.19. The zero-order valence-electron chi connectivity index (χ0n) is 10.3. The third-order valence-corrected chi connectivity index (χ3v) is 2.67. The number of rotatable bonds is 5. The Hall–Kier alpha value is -1.62. The molecular formula is C12H19N5. The molecule has 2 aromatic heterocycles. The number of nitrogens with one attached hydrogen (secondary N) is 1. The van der Waals surface area contributed by atoms with Crippen LogP contribution in [0.2, 0.25) is 0 Å². The second-order valence-corrected chi connectivity index (χ2v) is 4.49. The monoisotopic (exact) mass is 233 g/mol. The molecule has 0 amide bonds. The van der Waals surface area contributed by atoms with Crippen molar-refractivity contribution in [1.29, 1.82) is 0 Å². The van der Waals surface area contributed by atoms with Gasteiger partial charge >= 0.3 is 0 Å². The highest BCUT2D eigenvalue weighted by molar-refractivity contribution is 5.51. The van der Waals surface area contributed by atoms with Crippen LogP contribution in [0.5, 0.6) is 0 Å². The average molecular weight is 233 g/mol. The van der Waals surface area contributed by atoms with Gasteiger partial charge in [-0.1, -0.05) is 0 Å². The lowest BCUT2D eigenvalue weighted by Crippen LogP contribution is -2.16. The summed E-state index contributed by atoms with van der Waals surface area (Å²) in [7, 11) is 0. The molecule has 0 aliphatic carbocycles. The molecule has 0 bridgehead atoms. The van der Waals surface area contributed by atoms with Gasteiger partial charge in [0.05, 0.1) is 0 Å². The SMILES string of the molecule is Cc1cc(NCCCC(C)N)n2ncnc2c1. The van der Waals surface area contributed by atoms with Crippen LogP contribution in [0.25, 0.3) is 5.65 Å². The number of fused-ring (bicyclic) bond motifs is 1. The summed E-state index contributed by atoms with van der Waals surface area (Å²) in [5.74, 6) is 0.988. The highest BCUT2D eigenvalue weighted by atomic mass is 15.3. The summed E-state index contributed by atoms with van der Waals surface area (Å²) in [5.41, 5.74) is 7.77. The van der Waals surface area contributed by atoms with Gasteiger partial charge in [-0.05, 0) is 44.4 Å². The minimum atomic E-state index is 0.265. The number of aryl methyl sites for hydroxylation is 1. The van der Waals surface area contributed by atoms with Gasteiger partial charge in [0.2, 0.25) is 0 Å². The standard InChI is InChI=1S/C12H19N5/c1-9-6-11(14-5-3-4-10(2)13)17-12(7-9)15-8-16-17/h6-8,10,14H,3-5,13H2,1-2H3. The second kappa shape index (κ2) is 5.14. The van der Waals surface area contributed by atoms with E-state index in [0.29, 0.717) is 0 Å². The van der Waals surface area contributed by atoms with Gasteiger partial charge in [0.25, 0.3) is 0 Å². The molecule has 0 spiro atoms. The first kappa shape index (κ1) is 11.9. The van der Waals surface area contributed by atoms with Gasteiger partial charge in [0.15, 0.2) is 5.65 Å². The molecule has 0 saturated heterocycles. The zero-order valence-corrected chi connectivity index (χ0v) is 10.3. The van der Waals surface area contributed by atoms with Crippen LogP contribution >= 0.6 is 0 Å². The van der Waals surface area contributed by atoms with Crippen molar-refractivity contribution in [2.45, 2.75) is 32.7 Å². The van der Waals surface area contributed by atoms with Crippen LogP contribution in [0.3, 0.4) is 0 Å². The van der Waals surface area contributed by atoms with E-state index >= 15 is 0 Å². The summed E-state index contributed by atoms with van der Waals surface area (Å²) < 4.78 is 1.82. The Morgan fingerprint density at radius 1 is 1.47 bits per heavy atom. The molecule has 2 rings (SSSR count). The summed E-state index contributed by atoms with van der Waals surface area (Å²) in [6.07, 6.45) is 3.66. The van der Waals surface area contributed by atoms with Crippen molar-refractivity contribution in [3.05, 3.63) is 24.0 Å². The quantitative estimate of drug-likeness (QED) is 0.769. The van der Waals surface area contributed by atoms with Crippen LogP contribution in [0.15, 0.2) is 18.5 Å². The molecule has 2 aromatic rings. The minimum absolute atomic E-state index is 0.265. The lowest BCUT2D eigenvalue weighted by molar-refractivity contribution is 0.638. The number of pyridine rings is 1. The van der Waals surface area contributed by atoms with E-state index in [9.17, 15) is 0 Å². The minimum Gasteiger partial charge on any atom is -0.370 e. The predicted octanol–water partition coefficient (Wildman–Crippen LogP) is 1.58. The van der Waals surface area contributed by atoms with Crippen LogP contribution in [-0.2, 0) is 0 Å². The van der Waals surface area contributed by atoms with E-state index in [1.54, 1.807) is 6.33 Å². The summed E-state index contributed by atoms with van der Waals surface area (Å²) >= 11 is 0. The van der Waals surface area contributed by atoms with Crippen molar-refractivity contribution >= 4 is 11.5 Å². The average Bonchev–Trinajstić information content (AvgIpc) is 2.71. The van der Waals surface area contributed by atoms with Gasteiger partial charge in [0.1, 0.15) is 12.1 Å². The van der Waals surface area contributed by atoms with Crippen molar-refractivity contribution in [1.82, 2.24) is 14.6 Å². The van der Waals surface area contributed by atoms with Gasteiger partial charge < -0.3 is 11.1 Å². The Morgan fingerprint density at radius 2 is 2.29 bits per heavy atom. The van der Waals surface area contributed by atoms with Crippen LogP contribution in [0, 0.1) is 6.92 Å². The van der Waals surface area contributed by atoms with Crippen LogP contribution in [0.4, 0.5) is 5.82 Å². The maximum atomic E-state index is 5.71. The number of aromatic nitrogens is 3. The Morgan fingerprint density at radius 3 is 3.06 bits per heavy atom. The molecule has 0 aliphatic heterocycles. The number of nitrogens with zero attached hydrogens (tertiary/aromatic N) is 3. The van der Waals surface area contributed by atoms with Gasteiger partial charge in [-0.15, -0.1) is 0 Å². The molecular weight excluding hydrogens is 214 g/mol. The van der Waals surface area contributed by atoms with Gasteiger partial charge in [-0.3, -0.25) is 0 Å². The van der Waals surface area contributed by atoms with E-state index in [0.717, 1.165) is 30.9 Å². The highest BCUT2D eigenvalue weighted by Gasteiger charge is 2.03. The fourth-order valence-electron chi connectivity index (χ4n) is 1.82. The molecule has 0 aromatic carbocycles. The van der Waals surface area contributed by atoms with E-state index in [4.69, 9.17) is 5.73 Å². The van der Waals surface area contributed by atoms with E-state index in [-0.39, 0.29) is 6.04 Å². The molecule has 0 saturated carbocycles. The Kier molecular flexibility index (Phi) is 3.58. The lowest BCUT2D eigenvalue weighted by atomic mass is 10.2. The Balaban J connectivity index is 2.04. The third-order valence-electron chi connectivity index (χ3n) is 2.67. The molecule has 0 fully saturated rings. The molecule has 0 radical (unpaired) electrons. The second-order valence-electron chi connectivity index (χ2n) is 4.49.